The first-order valence-electron chi connectivity index (χ1n) is 12.6. The number of carboxylic acid groups (broad SMARTS) is 1. The Bertz CT molecular complexity index is 1610. The van der Waals surface area contributed by atoms with E-state index in [-0.39, 0.29) is 16.9 Å². The molecular weight excluding hydrogens is 502 g/mol. The SMILES string of the molecule is CCCC(=O)NS(=O)(=O)c1ccccc1-c1ccc(Cn2c(CCC)nc3c(C)cc(C(=O)O)cc32)cc1. The molecule has 0 aliphatic carbocycles. The number of carbonyl (C=O) groups excluding carboxylic acids is 1. The standard InChI is InChI=1S/C29H31N3O5S/c1-4-8-26-30-28-19(3)16-22(29(34)35)17-24(28)32(26)18-20-12-14-21(15-13-20)23-10-6-7-11-25(23)38(36,37)31-27(33)9-5-2/h6-7,10-17H,4-5,8-9,18H2,1-3H3,(H,31,33)(H,34,35). The fourth-order valence-electron chi connectivity index (χ4n) is 4.55. The summed E-state index contributed by atoms with van der Waals surface area (Å²) in [5.74, 6) is -0.630. The number of nitrogens with zero attached hydrogens (tertiary/aromatic N) is 2. The van der Waals surface area contributed by atoms with E-state index in [0.29, 0.717) is 24.1 Å². The van der Waals surface area contributed by atoms with Crippen LogP contribution >= 0.6 is 0 Å². The molecule has 3 aromatic carbocycles. The van der Waals surface area contributed by atoms with Crippen molar-refractivity contribution in [3.8, 4) is 11.1 Å². The molecule has 9 heteroatoms. The molecule has 0 spiro atoms. The predicted molar refractivity (Wildman–Crippen MR) is 147 cm³/mol. The van der Waals surface area contributed by atoms with Gasteiger partial charge in [0, 0.05) is 24.9 Å². The van der Waals surface area contributed by atoms with Gasteiger partial charge in [0.05, 0.1) is 21.5 Å². The summed E-state index contributed by atoms with van der Waals surface area (Å²) in [5, 5.41) is 9.56. The van der Waals surface area contributed by atoms with E-state index >= 15 is 0 Å². The van der Waals surface area contributed by atoms with Crippen LogP contribution in [0.3, 0.4) is 0 Å². The second-order valence-corrected chi connectivity index (χ2v) is 11.0. The number of rotatable bonds is 10. The minimum Gasteiger partial charge on any atom is -0.478 e. The molecule has 0 bridgehead atoms. The van der Waals surface area contributed by atoms with Crippen molar-refractivity contribution in [3.05, 3.63) is 83.2 Å². The number of aromatic nitrogens is 2. The largest absolute Gasteiger partial charge is 0.478 e. The van der Waals surface area contributed by atoms with E-state index in [2.05, 4.69) is 16.2 Å². The van der Waals surface area contributed by atoms with Crippen molar-refractivity contribution in [2.45, 2.75) is 57.9 Å². The minimum atomic E-state index is -4.02. The maximum absolute atomic E-state index is 12.9. The van der Waals surface area contributed by atoms with Crippen LogP contribution in [-0.4, -0.2) is 35.0 Å². The first kappa shape index (κ1) is 27.1. The van der Waals surface area contributed by atoms with Gasteiger partial charge in [-0.2, -0.15) is 0 Å². The Morgan fingerprint density at radius 2 is 1.71 bits per heavy atom. The molecule has 1 aromatic heterocycles. The van der Waals surface area contributed by atoms with Gasteiger partial charge in [0.25, 0.3) is 10.0 Å². The van der Waals surface area contributed by atoms with Gasteiger partial charge in [-0.05, 0) is 54.7 Å². The number of aryl methyl sites for hydroxylation is 2. The molecule has 4 aromatic rings. The number of carbonyl (C=O) groups is 2. The Hall–Kier alpha value is -3.98. The number of benzene rings is 3. The van der Waals surface area contributed by atoms with E-state index in [4.69, 9.17) is 4.98 Å². The lowest BCUT2D eigenvalue weighted by molar-refractivity contribution is -0.119. The van der Waals surface area contributed by atoms with Crippen LogP contribution in [-0.2, 0) is 27.8 Å². The number of hydrogen-bond acceptors (Lipinski definition) is 5. The molecule has 38 heavy (non-hydrogen) atoms. The van der Waals surface area contributed by atoms with E-state index < -0.39 is 21.9 Å². The van der Waals surface area contributed by atoms with Crippen LogP contribution in [0.5, 0.6) is 0 Å². The highest BCUT2D eigenvalue weighted by molar-refractivity contribution is 7.90. The lowest BCUT2D eigenvalue weighted by atomic mass is 10.0. The third kappa shape index (κ3) is 5.62. The highest BCUT2D eigenvalue weighted by Crippen LogP contribution is 2.29. The first-order valence-corrected chi connectivity index (χ1v) is 14.1. The molecule has 0 fully saturated rings. The third-order valence-corrected chi connectivity index (χ3v) is 7.78. The molecule has 198 valence electrons. The molecule has 0 radical (unpaired) electrons. The van der Waals surface area contributed by atoms with Gasteiger partial charge in [-0.25, -0.2) is 22.9 Å². The van der Waals surface area contributed by atoms with Crippen molar-refractivity contribution >= 4 is 32.9 Å². The van der Waals surface area contributed by atoms with E-state index in [1.165, 1.54) is 6.07 Å². The molecule has 1 amide bonds. The third-order valence-electron chi connectivity index (χ3n) is 6.35. The lowest BCUT2D eigenvalue weighted by Gasteiger charge is -2.13. The minimum absolute atomic E-state index is 0.0414. The van der Waals surface area contributed by atoms with Crippen molar-refractivity contribution < 1.29 is 23.1 Å². The van der Waals surface area contributed by atoms with E-state index in [1.807, 2.05) is 38.1 Å². The summed E-state index contributed by atoms with van der Waals surface area (Å²) in [7, 11) is -4.02. The van der Waals surface area contributed by atoms with Gasteiger partial charge in [0.1, 0.15) is 5.82 Å². The van der Waals surface area contributed by atoms with E-state index in [1.54, 1.807) is 30.3 Å². The van der Waals surface area contributed by atoms with Gasteiger partial charge in [0.2, 0.25) is 5.91 Å². The normalized spacial score (nSPS) is 11.6. The van der Waals surface area contributed by atoms with Gasteiger partial charge < -0.3 is 9.67 Å². The molecule has 4 rings (SSSR count). The number of amides is 1. The summed E-state index contributed by atoms with van der Waals surface area (Å²) in [4.78, 5) is 28.5. The summed E-state index contributed by atoms with van der Waals surface area (Å²) < 4.78 is 30.1. The molecular formula is C29H31N3O5S. The van der Waals surface area contributed by atoms with Crippen LogP contribution in [0.2, 0.25) is 0 Å². The maximum atomic E-state index is 12.9. The monoisotopic (exact) mass is 533 g/mol. The van der Waals surface area contributed by atoms with E-state index in [9.17, 15) is 23.1 Å². The number of fused-ring (bicyclic) bond motifs is 1. The zero-order valence-corrected chi connectivity index (χ0v) is 22.5. The molecule has 8 nitrogen and oxygen atoms in total. The van der Waals surface area contributed by atoms with Gasteiger partial charge in [-0.15, -0.1) is 0 Å². The summed E-state index contributed by atoms with van der Waals surface area (Å²) >= 11 is 0. The Morgan fingerprint density at radius 1 is 1.00 bits per heavy atom. The van der Waals surface area contributed by atoms with Crippen molar-refractivity contribution in [2.24, 2.45) is 0 Å². The first-order chi connectivity index (χ1) is 18.1. The van der Waals surface area contributed by atoms with Crippen molar-refractivity contribution in [2.75, 3.05) is 0 Å². The molecule has 1 heterocycles. The molecule has 0 saturated heterocycles. The fourth-order valence-corrected chi connectivity index (χ4v) is 5.79. The van der Waals surface area contributed by atoms with Crippen molar-refractivity contribution in [3.63, 3.8) is 0 Å². The van der Waals surface area contributed by atoms with Crippen LogP contribution in [0.15, 0.2) is 65.6 Å². The Balaban J connectivity index is 1.69. The summed E-state index contributed by atoms with van der Waals surface area (Å²) in [6, 6.07) is 17.4. The quantitative estimate of drug-likeness (QED) is 0.285. The number of aromatic carboxylic acids is 1. The lowest BCUT2D eigenvalue weighted by Crippen LogP contribution is -2.30. The Labute approximate surface area is 222 Å². The van der Waals surface area contributed by atoms with Gasteiger partial charge in [0.15, 0.2) is 0 Å². The molecule has 0 unspecified atom stereocenters. The zero-order chi connectivity index (χ0) is 27.4. The molecule has 0 saturated carbocycles. The van der Waals surface area contributed by atoms with Crippen molar-refractivity contribution in [1.82, 2.24) is 14.3 Å². The highest BCUT2D eigenvalue weighted by atomic mass is 32.2. The van der Waals surface area contributed by atoms with Crippen LogP contribution in [0.1, 0.15) is 60.4 Å². The van der Waals surface area contributed by atoms with Gasteiger partial charge >= 0.3 is 5.97 Å². The molecule has 0 aliphatic heterocycles. The number of carboxylic acids is 1. The predicted octanol–water partition coefficient (Wildman–Crippen LogP) is 5.32. The average molecular weight is 534 g/mol. The fraction of sp³-hybridized carbons (Fsp3) is 0.276. The topological polar surface area (TPSA) is 118 Å². The summed E-state index contributed by atoms with van der Waals surface area (Å²) in [6.45, 7) is 6.24. The van der Waals surface area contributed by atoms with Crippen LogP contribution in [0.25, 0.3) is 22.2 Å². The van der Waals surface area contributed by atoms with Crippen LogP contribution < -0.4 is 4.72 Å². The second kappa shape index (κ2) is 11.2. The summed E-state index contributed by atoms with van der Waals surface area (Å²) in [6.07, 6.45) is 2.33. The zero-order valence-electron chi connectivity index (χ0n) is 21.7. The maximum Gasteiger partial charge on any atom is 0.335 e. The number of imidazole rings is 1. The van der Waals surface area contributed by atoms with Gasteiger partial charge in [-0.3, -0.25) is 4.79 Å². The second-order valence-electron chi connectivity index (χ2n) is 9.30. The number of sulfonamides is 1. The average Bonchev–Trinajstić information content (AvgIpc) is 3.22. The smallest absolute Gasteiger partial charge is 0.335 e. The highest BCUT2D eigenvalue weighted by Gasteiger charge is 2.21. The molecule has 2 N–H and O–H groups in total. The Kier molecular flexibility index (Phi) is 7.97. The van der Waals surface area contributed by atoms with Crippen LogP contribution in [0, 0.1) is 6.92 Å². The van der Waals surface area contributed by atoms with Crippen molar-refractivity contribution in [1.29, 1.82) is 0 Å². The van der Waals surface area contributed by atoms with Gasteiger partial charge in [-0.1, -0.05) is 56.3 Å². The molecule has 0 atom stereocenters. The molecule has 0 aliphatic rings. The Morgan fingerprint density at radius 3 is 2.37 bits per heavy atom. The summed E-state index contributed by atoms with van der Waals surface area (Å²) in [5.41, 5.74) is 4.76. The van der Waals surface area contributed by atoms with Crippen LogP contribution in [0.4, 0.5) is 0 Å². The van der Waals surface area contributed by atoms with E-state index in [0.717, 1.165) is 40.8 Å². The number of nitrogens with one attached hydrogen (secondary N) is 1. The number of hydrogen-bond donors (Lipinski definition) is 2.